The van der Waals surface area contributed by atoms with Crippen molar-refractivity contribution >= 4 is 0 Å². The molecule has 0 radical (unpaired) electrons. The molecule has 2 N–H and O–H groups in total. The van der Waals surface area contributed by atoms with Gasteiger partial charge in [0, 0.05) is 11.1 Å². The number of halogens is 1. The largest absolute Gasteiger partial charge is 0.393 e. The minimum Gasteiger partial charge on any atom is -0.393 e. The fourth-order valence-electron chi connectivity index (χ4n) is 4.14. The molecule has 2 atom stereocenters. The summed E-state index contributed by atoms with van der Waals surface area (Å²) in [6.07, 6.45) is 6.38. The number of fused-ring (bicyclic) bond motifs is 3. The second-order valence-corrected chi connectivity index (χ2v) is 6.77. The van der Waals surface area contributed by atoms with E-state index in [9.17, 15) is 14.6 Å². The van der Waals surface area contributed by atoms with E-state index in [-0.39, 0.29) is 23.9 Å². The number of nitrogens with zero attached hydrogens (tertiary/aromatic N) is 2. The zero-order chi connectivity index (χ0) is 16.0. The summed E-state index contributed by atoms with van der Waals surface area (Å²) < 4.78 is 16.3. The van der Waals surface area contributed by atoms with Gasteiger partial charge in [0.15, 0.2) is 0 Å². The first-order valence-electron chi connectivity index (χ1n) is 8.32. The predicted octanol–water partition coefficient (Wildman–Crippen LogP) is 2.89. The number of imidazole rings is 1. The van der Waals surface area contributed by atoms with Crippen molar-refractivity contribution in [3.63, 3.8) is 0 Å². The van der Waals surface area contributed by atoms with Crippen molar-refractivity contribution in [1.82, 2.24) is 9.55 Å². The summed E-state index contributed by atoms with van der Waals surface area (Å²) >= 11 is 0. The Balaban J connectivity index is 1.60. The topological polar surface area (TPSA) is 58.3 Å². The molecular weight excluding hydrogens is 295 g/mol. The third-order valence-corrected chi connectivity index (χ3v) is 5.41. The monoisotopic (exact) mass is 316 g/mol. The predicted molar refractivity (Wildman–Crippen MR) is 84.3 cm³/mol. The maximum Gasteiger partial charge on any atom is 0.129 e. The van der Waals surface area contributed by atoms with Crippen LogP contribution in [0.5, 0.6) is 0 Å². The Labute approximate surface area is 134 Å². The van der Waals surface area contributed by atoms with Gasteiger partial charge in [0.1, 0.15) is 5.82 Å². The summed E-state index contributed by atoms with van der Waals surface area (Å²) in [5.74, 6) is -0.0383. The van der Waals surface area contributed by atoms with Gasteiger partial charge in [-0.3, -0.25) is 0 Å². The van der Waals surface area contributed by atoms with E-state index < -0.39 is 6.10 Å². The smallest absolute Gasteiger partial charge is 0.129 e. The number of benzene rings is 1. The SMILES string of the molecule is OC1CCC([C@@H](O)C[C@H]2c3c(F)cccc3-c3cncn32)CC1. The second kappa shape index (κ2) is 5.73. The molecule has 5 heteroatoms. The van der Waals surface area contributed by atoms with Crippen molar-refractivity contribution < 1.29 is 14.6 Å². The summed E-state index contributed by atoms with van der Waals surface area (Å²) in [4.78, 5) is 4.18. The quantitative estimate of drug-likeness (QED) is 0.915. The number of rotatable bonds is 3. The van der Waals surface area contributed by atoms with E-state index in [1.165, 1.54) is 6.07 Å². The average Bonchev–Trinajstić information content (AvgIpc) is 3.12. The highest BCUT2D eigenvalue weighted by Gasteiger charge is 2.35. The Morgan fingerprint density at radius 3 is 2.83 bits per heavy atom. The molecule has 122 valence electrons. The molecule has 4 rings (SSSR count). The molecule has 0 bridgehead atoms. The average molecular weight is 316 g/mol. The lowest BCUT2D eigenvalue weighted by atomic mass is 9.81. The summed E-state index contributed by atoms with van der Waals surface area (Å²) in [5.41, 5.74) is 2.45. The van der Waals surface area contributed by atoms with Crippen LogP contribution in [0.25, 0.3) is 11.3 Å². The molecule has 0 spiro atoms. The standard InChI is InChI=1S/C18H21FN2O2/c19-14-3-1-2-13-16-9-20-10-21(16)15(18(13)14)8-17(23)11-4-6-12(22)7-5-11/h1-3,9-12,15,17,22-23H,4-8H2/t11?,12?,15-,17-/m0/s1. The molecule has 0 saturated heterocycles. The fraction of sp³-hybridized carbons (Fsp3) is 0.500. The molecule has 0 unspecified atom stereocenters. The van der Waals surface area contributed by atoms with E-state index in [1.54, 1.807) is 18.6 Å². The van der Waals surface area contributed by atoms with Crippen molar-refractivity contribution in [1.29, 1.82) is 0 Å². The fourth-order valence-corrected chi connectivity index (χ4v) is 4.14. The van der Waals surface area contributed by atoms with Gasteiger partial charge in [0.2, 0.25) is 0 Å². The molecule has 2 aromatic rings. The van der Waals surface area contributed by atoms with E-state index >= 15 is 0 Å². The highest BCUT2D eigenvalue weighted by atomic mass is 19.1. The van der Waals surface area contributed by atoms with Crippen molar-refractivity contribution in [3.8, 4) is 11.3 Å². The van der Waals surface area contributed by atoms with Crippen molar-refractivity contribution in [2.45, 2.75) is 50.4 Å². The molecule has 1 aromatic carbocycles. The minimum absolute atomic E-state index is 0.182. The Bertz CT molecular complexity index is 707. The maximum absolute atomic E-state index is 14.4. The van der Waals surface area contributed by atoms with Crippen molar-refractivity contribution in [2.75, 3.05) is 0 Å². The van der Waals surface area contributed by atoms with Gasteiger partial charge in [-0.25, -0.2) is 9.37 Å². The van der Waals surface area contributed by atoms with Crippen LogP contribution in [-0.2, 0) is 0 Å². The lowest BCUT2D eigenvalue weighted by Gasteiger charge is -2.31. The molecule has 1 fully saturated rings. The lowest BCUT2D eigenvalue weighted by Crippen LogP contribution is -2.29. The van der Waals surface area contributed by atoms with Crippen LogP contribution >= 0.6 is 0 Å². The first-order valence-corrected chi connectivity index (χ1v) is 8.32. The maximum atomic E-state index is 14.4. The van der Waals surface area contributed by atoms with Crippen LogP contribution < -0.4 is 0 Å². The Morgan fingerprint density at radius 1 is 1.26 bits per heavy atom. The van der Waals surface area contributed by atoms with E-state index in [1.807, 2.05) is 10.6 Å². The van der Waals surface area contributed by atoms with Gasteiger partial charge in [-0.1, -0.05) is 12.1 Å². The summed E-state index contributed by atoms with van der Waals surface area (Å²) in [6.45, 7) is 0. The van der Waals surface area contributed by atoms with E-state index in [2.05, 4.69) is 4.98 Å². The number of hydrogen-bond acceptors (Lipinski definition) is 3. The number of aliphatic hydroxyl groups is 2. The van der Waals surface area contributed by atoms with Gasteiger partial charge in [-0.15, -0.1) is 0 Å². The Hall–Kier alpha value is -1.72. The molecule has 2 aliphatic rings. The van der Waals surface area contributed by atoms with Crippen LogP contribution in [0.2, 0.25) is 0 Å². The first-order chi connectivity index (χ1) is 11.1. The number of hydrogen-bond donors (Lipinski definition) is 2. The van der Waals surface area contributed by atoms with Gasteiger partial charge in [0.05, 0.1) is 36.5 Å². The first kappa shape index (κ1) is 14.8. The highest BCUT2D eigenvalue weighted by Crippen LogP contribution is 2.43. The summed E-state index contributed by atoms with van der Waals surface area (Å²) in [6, 6.07) is 4.91. The second-order valence-electron chi connectivity index (χ2n) is 6.77. The Kier molecular flexibility index (Phi) is 3.70. The number of aliphatic hydroxyl groups excluding tert-OH is 2. The van der Waals surface area contributed by atoms with Crippen molar-refractivity contribution in [3.05, 3.63) is 42.1 Å². The molecule has 4 nitrogen and oxygen atoms in total. The van der Waals surface area contributed by atoms with Crippen LogP contribution in [0.1, 0.15) is 43.7 Å². The molecule has 23 heavy (non-hydrogen) atoms. The third-order valence-electron chi connectivity index (χ3n) is 5.41. The van der Waals surface area contributed by atoms with Crippen LogP contribution in [-0.4, -0.2) is 32.0 Å². The van der Waals surface area contributed by atoms with E-state index in [0.717, 1.165) is 36.9 Å². The minimum atomic E-state index is -0.492. The summed E-state index contributed by atoms with van der Waals surface area (Å²) in [5, 5.41) is 20.3. The van der Waals surface area contributed by atoms with Gasteiger partial charge in [-0.05, 0) is 44.1 Å². The molecule has 0 amide bonds. The van der Waals surface area contributed by atoms with Gasteiger partial charge >= 0.3 is 0 Å². The van der Waals surface area contributed by atoms with Crippen molar-refractivity contribution in [2.24, 2.45) is 5.92 Å². The summed E-state index contributed by atoms with van der Waals surface area (Å²) in [7, 11) is 0. The van der Waals surface area contributed by atoms with Crippen LogP contribution in [0, 0.1) is 11.7 Å². The van der Waals surface area contributed by atoms with Gasteiger partial charge in [0.25, 0.3) is 0 Å². The molecule has 1 aliphatic carbocycles. The highest BCUT2D eigenvalue weighted by molar-refractivity contribution is 5.69. The van der Waals surface area contributed by atoms with E-state index in [4.69, 9.17) is 0 Å². The molecule has 1 saturated carbocycles. The lowest BCUT2D eigenvalue weighted by molar-refractivity contribution is 0.0328. The number of aromatic nitrogens is 2. The molecule has 1 aromatic heterocycles. The Morgan fingerprint density at radius 2 is 2.04 bits per heavy atom. The molecule has 2 heterocycles. The zero-order valence-corrected chi connectivity index (χ0v) is 12.9. The van der Waals surface area contributed by atoms with E-state index in [0.29, 0.717) is 12.0 Å². The third kappa shape index (κ3) is 2.48. The molecule has 1 aliphatic heterocycles. The normalized spacial score (nSPS) is 27.5. The van der Waals surface area contributed by atoms with Crippen LogP contribution in [0.15, 0.2) is 30.7 Å². The zero-order valence-electron chi connectivity index (χ0n) is 12.9. The van der Waals surface area contributed by atoms with Gasteiger partial charge < -0.3 is 14.8 Å². The van der Waals surface area contributed by atoms with Gasteiger partial charge in [-0.2, -0.15) is 0 Å². The van der Waals surface area contributed by atoms with Crippen LogP contribution in [0.3, 0.4) is 0 Å². The molecular formula is C18H21FN2O2. The van der Waals surface area contributed by atoms with Crippen LogP contribution in [0.4, 0.5) is 4.39 Å².